The zero-order chi connectivity index (χ0) is 14.4. The van der Waals surface area contributed by atoms with E-state index in [1.165, 1.54) is 0 Å². The van der Waals surface area contributed by atoms with E-state index in [9.17, 15) is 5.11 Å². The van der Waals surface area contributed by atoms with Gasteiger partial charge in [-0.3, -0.25) is 0 Å². The van der Waals surface area contributed by atoms with Gasteiger partial charge in [0, 0.05) is 50.7 Å². The van der Waals surface area contributed by atoms with Crippen LogP contribution in [-0.4, -0.2) is 52.5 Å². The fraction of sp³-hybridized carbons (Fsp3) is 0.778. The van der Waals surface area contributed by atoms with Crippen molar-refractivity contribution in [3.63, 3.8) is 0 Å². The molecule has 0 amide bonds. The van der Waals surface area contributed by atoms with Gasteiger partial charge in [0.05, 0.1) is 13.2 Å². The van der Waals surface area contributed by atoms with Gasteiger partial charge in [0.2, 0.25) is 14.2 Å². The summed E-state index contributed by atoms with van der Waals surface area (Å²) in [5, 5.41) is 18.9. The van der Waals surface area contributed by atoms with Crippen LogP contribution in [0.3, 0.4) is 0 Å². The maximum atomic E-state index is 10.3. The number of aliphatic hydroxyl groups is 2. The summed E-state index contributed by atoms with van der Waals surface area (Å²) in [5.41, 5.74) is -1.29. The number of unbranched alkanes of at least 4 members (excludes halogenated alkanes) is 2. The molecule has 9 heteroatoms. The van der Waals surface area contributed by atoms with Crippen LogP contribution in [0.5, 0.6) is 0 Å². The number of hydrogen-bond acceptors (Lipinski definition) is 6. The number of allylic oxidation sites excluding steroid dienone is 1. The summed E-state index contributed by atoms with van der Waals surface area (Å²) < 4.78 is 23.7. The van der Waals surface area contributed by atoms with Crippen molar-refractivity contribution < 1.29 is 62.6 Å². The second-order valence-electron chi connectivity index (χ2n) is 3.44. The normalized spacial score (nSPS) is 12.8. The molecule has 4 nitrogen and oxygen atoms in total. The van der Waals surface area contributed by atoms with Crippen molar-refractivity contribution in [1.29, 1.82) is 2.67 Å². The molecule has 0 bridgehead atoms. The summed E-state index contributed by atoms with van der Waals surface area (Å²) in [6.07, 6.45) is 5.72. The average Bonchev–Trinajstić information content (AvgIpc) is 2.39. The Bertz CT molecular complexity index is 236. The van der Waals surface area contributed by atoms with Crippen LogP contribution in [0.25, 0.3) is 0 Å². The number of rotatable bonds is 13. The Morgan fingerprint density at radius 3 is 2.33 bits per heavy atom. The molecule has 0 saturated carbocycles. The topological polar surface area (TPSA) is 58.9 Å². The smallest absolute Gasteiger partial charge is 0.209 e. The third kappa shape index (κ3) is 12.9. The molecule has 99 valence electrons. The van der Waals surface area contributed by atoms with Gasteiger partial charge in [0.1, 0.15) is 5.60 Å². The molecule has 0 fully saturated rings. The van der Waals surface area contributed by atoms with E-state index < -0.39 is 5.60 Å². The van der Waals surface area contributed by atoms with Crippen molar-refractivity contribution in [2.24, 2.45) is 0 Å². The van der Waals surface area contributed by atoms with E-state index in [1.54, 1.807) is 6.08 Å². The van der Waals surface area contributed by atoms with Gasteiger partial charge < -0.3 is 18.6 Å². The van der Waals surface area contributed by atoms with E-state index in [-0.39, 0.29) is 63.9 Å². The molecule has 0 aromatic carbocycles. The summed E-state index contributed by atoms with van der Waals surface area (Å²) in [4.78, 5) is 0. The van der Waals surface area contributed by atoms with Crippen LogP contribution < -0.4 is 0 Å². The number of aliphatic hydroxyl groups excluding tert-OH is 1. The quantitative estimate of drug-likeness (QED) is 0.163. The molecular weight excluding hydrogens is 485 g/mol. The molecule has 0 aromatic heterocycles. The minimum atomic E-state index is -1.29. The van der Waals surface area contributed by atoms with Crippen LogP contribution in [0.1, 0.15) is 19.3 Å². The minimum absolute atomic E-state index is 0. The van der Waals surface area contributed by atoms with Crippen molar-refractivity contribution in [3.8, 4) is 0 Å². The van der Waals surface area contributed by atoms with Crippen LogP contribution in [-0.2, 0) is 8.37 Å². The Morgan fingerprint density at radius 2 is 1.83 bits per heavy atom. The Hall–Kier alpha value is 1.85. The molecule has 0 saturated heterocycles. The van der Waals surface area contributed by atoms with E-state index in [2.05, 4.69) is 0 Å². The zero-order valence-corrected chi connectivity index (χ0v) is 16.5. The Balaban J connectivity index is 0. The van der Waals surface area contributed by atoms with Crippen LogP contribution in [0, 0.1) is 44.1 Å². The Morgan fingerprint density at radius 1 is 1.22 bits per heavy atom. The van der Waals surface area contributed by atoms with Gasteiger partial charge in [-0.1, -0.05) is 35.9 Å². The summed E-state index contributed by atoms with van der Waals surface area (Å²) >= 11 is 1.66. The molecule has 0 unspecified atom stereocenters. The molecule has 0 aliphatic rings. The van der Waals surface area contributed by atoms with Crippen molar-refractivity contribution in [2.75, 3.05) is 19.8 Å². The standard InChI is InChI=1S/C9H18B2O4S2.Ac/c10-16-14-7-9(13,8-15-17-11)5-3-1-2-4-6-12;/h3,5,10-13H,1-2,4,6-8H2;/b5-3+;/i10T,11T;. The first-order valence-electron chi connectivity index (χ1n) is 6.31. The van der Waals surface area contributed by atoms with Crippen molar-refractivity contribution in [3.05, 3.63) is 12.2 Å². The molecular formula is C9H18AcB2O4S2. The first kappa shape index (κ1) is 17.9. The summed E-state index contributed by atoms with van der Waals surface area (Å²) in [5.74, 6) is 0. The molecule has 0 heterocycles. The van der Waals surface area contributed by atoms with Gasteiger partial charge >= 0.3 is 0 Å². The van der Waals surface area contributed by atoms with Crippen LogP contribution in [0.4, 0.5) is 0 Å². The average molecular weight is 507 g/mol. The molecule has 0 rings (SSSR count). The Kier molecular flexibility index (Phi) is 15.2. The van der Waals surface area contributed by atoms with Crippen LogP contribution in [0.15, 0.2) is 12.2 Å². The van der Waals surface area contributed by atoms with E-state index in [1.807, 2.05) is 6.08 Å². The number of hydrogen-bond donors (Lipinski definition) is 2. The molecule has 0 aromatic rings. The van der Waals surface area contributed by atoms with Crippen molar-refractivity contribution in [1.82, 2.24) is 0 Å². The van der Waals surface area contributed by atoms with Crippen LogP contribution in [0.2, 0.25) is 0 Å². The van der Waals surface area contributed by atoms with Gasteiger partial charge in [-0.2, -0.15) is 0 Å². The van der Waals surface area contributed by atoms with Crippen molar-refractivity contribution in [2.45, 2.75) is 24.9 Å². The first-order chi connectivity index (χ1) is 9.18. The summed E-state index contributed by atoms with van der Waals surface area (Å²) in [6.45, 7) is 0.139. The van der Waals surface area contributed by atoms with E-state index in [4.69, 9.17) is 16.1 Å². The monoisotopic (exact) mass is 507 g/mol. The molecule has 0 atom stereocenters. The second kappa shape index (κ2) is 15.2. The molecule has 0 spiro atoms. The van der Waals surface area contributed by atoms with Crippen LogP contribution >= 0.6 is 23.8 Å². The SMILES string of the molecule is [3H][B]SOCC(O)(/C=C/CCCCO)COS[B][3H].[Ac]. The van der Waals surface area contributed by atoms with Gasteiger partial charge in [-0.15, -0.1) is 0 Å². The van der Waals surface area contributed by atoms with Gasteiger partial charge in [-0.05, 0) is 21.9 Å². The molecule has 3 radical (unpaired) electrons. The predicted octanol–water partition coefficient (Wildman–Crippen LogP) is 0.397. The zero-order valence-electron chi connectivity index (χ0n) is 12.2. The largest absolute Gasteiger partial charge is 0.396 e. The van der Waals surface area contributed by atoms with E-state index >= 15 is 0 Å². The second-order valence-corrected chi connectivity index (χ2v) is 4.30. The molecule has 0 aliphatic carbocycles. The maximum absolute atomic E-state index is 10.3. The summed E-state index contributed by atoms with van der Waals surface area (Å²) in [6, 6.07) is 0. The van der Waals surface area contributed by atoms with Crippen molar-refractivity contribution >= 4 is 38.0 Å². The van der Waals surface area contributed by atoms with Gasteiger partial charge in [0.15, 0.2) is 0 Å². The fourth-order valence-electron chi connectivity index (χ4n) is 1.09. The third-order valence-corrected chi connectivity index (χ3v) is 2.47. The molecule has 0 aliphatic heterocycles. The fourth-order valence-corrected chi connectivity index (χ4v) is 1.63. The predicted molar refractivity (Wildman–Crippen MR) is 76.4 cm³/mol. The van der Waals surface area contributed by atoms with Gasteiger partial charge in [-0.25, -0.2) is 0 Å². The van der Waals surface area contributed by atoms with E-state index in [0.717, 1.165) is 57.2 Å². The molecule has 18 heavy (non-hydrogen) atoms. The third-order valence-electron chi connectivity index (χ3n) is 1.96. The minimum Gasteiger partial charge on any atom is -0.396 e. The maximum Gasteiger partial charge on any atom is 0.209 e. The van der Waals surface area contributed by atoms with E-state index in [0.29, 0.717) is 0 Å². The Labute approximate surface area is 158 Å². The molecule has 2 N–H and O–H groups in total. The first-order valence-corrected chi connectivity index (χ1v) is 6.77. The summed E-state index contributed by atoms with van der Waals surface area (Å²) in [7, 11) is 2.05. The van der Waals surface area contributed by atoms with Gasteiger partial charge in [0.25, 0.3) is 0 Å².